The lowest BCUT2D eigenvalue weighted by Crippen LogP contribution is -2.21. The maximum atomic E-state index is 4.66. The van der Waals surface area contributed by atoms with Crippen molar-refractivity contribution in [3.8, 4) is 0 Å². The van der Waals surface area contributed by atoms with Crippen molar-refractivity contribution in [1.82, 2.24) is 14.9 Å². The van der Waals surface area contributed by atoms with Gasteiger partial charge in [0.2, 0.25) is 5.95 Å². The number of nitrogens with zero attached hydrogens (tertiary/aromatic N) is 3. The molecule has 0 unspecified atom stereocenters. The Labute approximate surface area is 145 Å². The number of nitrogens with one attached hydrogen (secondary N) is 2. The summed E-state index contributed by atoms with van der Waals surface area (Å²) in [5.74, 6) is 2.12. The third kappa shape index (κ3) is 4.65. The van der Waals surface area contributed by atoms with Gasteiger partial charge < -0.3 is 15.5 Å². The summed E-state index contributed by atoms with van der Waals surface area (Å²) in [7, 11) is 4.12. The maximum absolute atomic E-state index is 4.66. The summed E-state index contributed by atoms with van der Waals surface area (Å²) in [6.07, 6.45) is 2.45. The Morgan fingerprint density at radius 3 is 2.70 bits per heavy atom. The largest absolute Gasteiger partial charge is 0.353 e. The van der Waals surface area contributed by atoms with Crippen LogP contribution in [0.1, 0.15) is 24.5 Å². The van der Waals surface area contributed by atoms with Gasteiger partial charge in [-0.05, 0) is 55.0 Å². The fourth-order valence-corrected chi connectivity index (χ4v) is 2.67. The van der Waals surface area contributed by atoms with Crippen molar-refractivity contribution in [3.63, 3.8) is 0 Å². The van der Waals surface area contributed by atoms with Crippen molar-refractivity contribution in [2.45, 2.75) is 18.8 Å². The molecule has 0 bridgehead atoms. The van der Waals surface area contributed by atoms with Gasteiger partial charge in [-0.15, -0.1) is 0 Å². The van der Waals surface area contributed by atoms with Gasteiger partial charge in [0.15, 0.2) is 0 Å². The van der Waals surface area contributed by atoms with Crippen molar-refractivity contribution in [2.75, 3.05) is 37.8 Å². The lowest BCUT2D eigenvalue weighted by molar-refractivity contribution is 0.425. The molecule has 1 saturated carbocycles. The molecule has 23 heavy (non-hydrogen) atoms. The smallest absolute Gasteiger partial charge is 0.224 e. The highest BCUT2D eigenvalue weighted by atomic mass is 79.9. The zero-order valence-corrected chi connectivity index (χ0v) is 15.1. The van der Waals surface area contributed by atoms with Gasteiger partial charge in [-0.25, -0.2) is 4.98 Å². The number of benzene rings is 1. The summed E-state index contributed by atoms with van der Waals surface area (Å²) in [4.78, 5) is 11.4. The number of rotatable bonds is 7. The Kier molecular flexibility index (Phi) is 5.13. The second-order valence-electron chi connectivity index (χ2n) is 6.11. The van der Waals surface area contributed by atoms with E-state index in [9.17, 15) is 0 Å². The van der Waals surface area contributed by atoms with E-state index >= 15 is 0 Å². The molecule has 1 aromatic heterocycles. The van der Waals surface area contributed by atoms with E-state index in [1.54, 1.807) is 0 Å². The van der Waals surface area contributed by atoms with Crippen LogP contribution in [0.15, 0.2) is 34.8 Å². The quantitative estimate of drug-likeness (QED) is 0.769. The first kappa shape index (κ1) is 16.2. The highest BCUT2D eigenvalue weighted by molar-refractivity contribution is 9.10. The van der Waals surface area contributed by atoms with Crippen molar-refractivity contribution in [2.24, 2.45) is 0 Å². The molecule has 1 fully saturated rings. The third-order valence-electron chi connectivity index (χ3n) is 3.72. The van der Waals surface area contributed by atoms with Crippen molar-refractivity contribution in [1.29, 1.82) is 0 Å². The number of para-hydroxylation sites is 1. The minimum absolute atomic E-state index is 0.590. The van der Waals surface area contributed by atoms with Gasteiger partial charge in [-0.1, -0.05) is 12.1 Å². The monoisotopic (exact) mass is 375 g/mol. The van der Waals surface area contributed by atoms with Gasteiger partial charge >= 0.3 is 0 Å². The van der Waals surface area contributed by atoms with E-state index in [1.165, 1.54) is 12.8 Å². The first-order valence-corrected chi connectivity index (χ1v) is 8.70. The number of anilines is 3. The van der Waals surface area contributed by atoms with E-state index in [0.29, 0.717) is 11.9 Å². The number of hydrogen-bond acceptors (Lipinski definition) is 5. The van der Waals surface area contributed by atoms with Gasteiger partial charge in [-0.2, -0.15) is 4.98 Å². The molecule has 0 amide bonds. The molecule has 0 radical (unpaired) electrons. The second kappa shape index (κ2) is 7.27. The normalized spacial score (nSPS) is 14.1. The molecule has 2 N–H and O–H groups in total. The van der Waals surface area contributed by atoms with E-state index in [4.69, 9.17) is 0 Å². The van der Waals surface area contributed by atoms with E-state index in [0.717, 1.165) is 34.8 Å². The molecule has 0 aliphatic heterocycles. The number of likely N-dealkylation sites (N-methyl/N-ethyl adjacent to an activating group) is 1. The summed E-state index contributed by atoms with van der Waals surface area (Å²) < 4.78 is 1.02. The molecule has 0 atom stereocenters. The average Bonchev–Trinajstić information content (AvgIpc) is 3.34. The molecular formula is C17H22BrN5. The molecule has 1 aromatic carbocycles. The molecule has 1 heterocycles. The lowest BCUT2D eigenvalue weighted by atomic mass is 10.2. The Hall–Kier alpha value is -1.66. The predicted octanol–water partition coefficient (Wildman–Crippen LogP) is 3.83. The van der Waals surface area contributed by atoms with Crippen LogP contribution in [0.25, 0.3) is 0 Å². The first-order chi connectivity index (χ1) is 11.1. The molecule has 5 nitrogen and oxygen atoms in total. The van der Waals surface area contributed by atoms with Crippen LogP contribution in [0, 0.1) is 0 Å². The molecular weight excluding hydrogens is 354 g/mol. The Morgan fingerprint density at radius 1 is 1.22 bits per heavy atom. The van der Waals surface area contributed by atoms with Crippen LogP contribution in [-0.4, -0.2) is 42.1 Å². The summed E-state index contributed by atoms with van der Waals surface area (Å²) in [5.41, 5.74) is 2.13. The zero-order chi connectivity index (χ0) is 16.2. The van der Waals surface area contributed by atoms with Crippen molar-refractivity contribution < 1.29 is 0 Å². The zero-order valence-electron chi connectivity index (χ0n) is 13.5. The molecule has 6 heteroatoms. The van der Waals surface area contributed by atoms with Crippen LogP contribution < -0.4 is 10.6 Å². The van der Waals surface area contributed by atoms with Crippen molar-refractivity contribution in [3.05, 3.63) is 40.5 Å². The minimum Gasteiger partial charge on any atom is -0.353 e. The second-order valence-corrected chi connectivity index (χ2v) is 6.97. The van der Waals surface area contributed by atoms with Gasteiger partial charge in [0.25, 0.3) is 0 Å². The first-order valence-electron chi connectivity index (χ1n) is 7.91. The summed E-state index contributed by atoms with van der Waals surface area (Å²) in [6.45, 7) is 1.78. The minimum atomic E-state index is 0.590. The molecule has 3 rings (SSSR count). The van der Waals surface area contributed by atoms with Crippen molar-refractivity contribution >= 4 is 33.4 Å². The Bertz CT molecular complexity index is 670. The fourth-order valence-electron chi connectivity index (χ4n) is 2.29. The highest BCUT2D eigenvalue weighted by Gasteiger charge is 2.26. The summed E-state index contributed by atoms with van der Waals surface area (Å²) in [6, 6.07) is 10.1. The van der Waals surface area contributed by atoms with Gasteiger partial charge in [-0.3, -0.25) is 0 Å². The van der Waals surface area contributed by atoms with Crippen LogP contribution in [0.2, 0.25) is 0 Å². The molecule has 2 aromatic rings. The predicted molar refractivity (Wildman–Crippen MR) is 98.5 cm³/mol. The fraction of sp³-hybridized carbons (Fsp3) is 0.412. The van der Waals surface area contributed by atoms with Gasteiger partial charge in [0, 0.05) is 29.5 Å². The molecule has 0 saturated heterocycles. The molecule has 1 aliphatic carbocycles. The van der Waals surface area contributed by atoms with E-state index in [2.05, 4.69) is 61.6 Å². The van der Waals surface area contributed by atoms with Crippen LogP contribution in [-0.2, 0) is 0 Å². The van der Waals surface area contributed by atoms with Gasteiger partial charge in [0.05, 0.1) is 11.4 Å². The Balaban J connectivity index is 1.78. The van der Waals surface area contributed by atoms with Gasteiger partial charge in [0.1, 0.15) is 5.82 Å². The molecule has 0 spiro atoms. The summed E-state index contributed by atoms with van der Waals surface area (Å²) >= 11 is 3.56. The van der Waals surface area contributed by atoms with E-state index in [-0.39, 0.29) is 0 Å². The van der Waals surface area contributed by atoms with E-state index in [1.807, 2.05) is 24.3 Å². The van der Waals surface area contributed by atoms with Crippen LogP contribution in [0.3, 0.4) is 0 Å². The standard InChI is InChI=1S/C17H22BrN5/c1-23(2)10-9-19-17-21-15(12-7-8-12)11-16(22-17)20-14-6-4-3-5-13(14)18/h3-6,11-12H,7-10H2,1-2H3,(H2,19,20,21,22). The number of halogens is 1. The number of hydrogen-bond donors (Lipinski definition) is 2. The topological polar surface area (TPSA) is 53.1 Å². The van der Waals surface area contributed by atoms with E-state index < -0.39 is 0 Å². The van der Waals surface area contributed by atoms with Crippen LogP contribution >= 0.6 is 15.9 Å². The number of aromatic nitrogens is 2. The third-order valence-corrected chi connectivity index (χ3v) is 4.41. The Morgan fingerprint density at radius 2 is 2.00 bits per heavy atom. The highest BCUT2D eigenvalue weighted by Crippen LogP contribution is 2.40. The lowest BCUT2D eigenvalue weighted by Gasteiger charge is -2.13. The van der Waals surface area contributed by atoms with Crippen LogP contribution in [0.5, 0.6) is 0 Å². The molecule has 122 valence electrons. The molecule has 1 aliphatic rings. The maximum Gasteiger partial charge on any atom is 0.224 e. The SMILES string of the molecule is CN(C)CCNc1nc(Nc2ccccc2Br)cc(C2CC2)n1. The summed E-state index contributed by atoms with van der Waals surface area (Å²) in [5, 5.41) is 6.71. The van der Waals surface area contributed by atoms with Crippen LogP contribution in [0.4, 0.5) is 17.5 Å². The average molecular weight is 376 g/mol.